The fraction of sp³-hybridized carbons (Fsp3) is 0.107. The van der Waals surface area contributed by atoms with Crippen LogP contribution >= 0.6 is 8.60 Å². The minimum atomic E-state index is -1.64. The fourth-order valence-corrected chi connectivity index (χ4v) is 4.06. The van der Waals surface area contributed by atoms with E-state index >= 15 is 0 Å². The summed E-state index contributed by atoms with van der Waals surface area (Å²) in [5.41, 5.74) is 3.45. The minimum absolute atomic E-state index is 0.331. The molecule has 0 aliphatic carbocycles. The lowest BCUT2D eigenvalue weighted by Gasteiger charge is -2.20. The van der Waals surface area contributed by atoms with Gasteiger partial charge in [-0.05, 0) is 67.8 Å². The molecule has 0 saturated carbocycles. The van der Waals surface area contributed by atoms with E-state index in [2.05, 4.69) is 0 Å². The van der Waals surface area contributed by atoms with Gasteiger partial charge in [0, 0.05) is 0 Å². The molecule has 0 fully saturated rings. The highest BCUT2D eigenvalue weighted by Crippen LogP contribution is 2.44. The number of para-hydroxylation sites is 3. The maximum absolute atomic E-state index is 10.2. The molecule has 34 heavy (non-hydrogen) atoms. The van der Waals surface area contributed by atoms with Crippen LogP contribution in [0.25, 0.3) is 0 Å². The zero-order chi connectivity index (χ0) is 24.3. The number of carbonyl (C=O) groups is 1. The van der Waals surface area contributed by atoms with Crippen molar-refractivity contribution < 1.29 is 23.5 Å². The summed E-state index contributed by atoms with van der Waals surface area (Å²) in [5, 5.41) is 8.38. The second-order valence-electron chi connectivity index (χ2n) is 7.47. The number of carboxylic acid groups (broad SMARTS) is 1. The minimum Gasteiger partial charge on any atom is -0.478 e. The van der Waals surface area contributed by atoms with Gasteiger partial charge in [-0.25, -0.2) is 4.79 Å². The van der Waals surface area contributed by atoms with Gasteiger partial charge in [-0.3, -0.25) is 0 Å². The van der Waals surface area contributed by atoms with E-state index in [4.69, 9.17) is 18.7 Å². The van der Waals surface area contributed by atoms with E-state index in [1.165, 1.54) is 0 Å². The summed E-state index contributed by atoms with van der Waals surface area (Å²) >= 11 is 0. The molecule has 0 aliphatic heterocycles. The molecule has 174 valence electrons. The fourth-order valence-electron chi connectivity index (χ4n) is 2.85. The smallest absolute Gasteiger partial charge is 0.478 e. The van der Waals surface area contributed by atoms with E-state index in [0.29, 0.717) is 5.56 Å². The molecule has 0 spiro atoms. The van der Waals surface area contributed by atoms with Gasteiger partial charge in [0.1, 0.15) is 17.2 Å². The van der Waals surface area contributed by atoms with Gasteiger partial charge in [-0.2, -0.15) is 0 Å². The molecule has 4 aromatic carbocycles. The first-order valence-corrected chi connectivity index (χ1v) is 11.8. The molecule has 0 saturated heterocycles. The number of benzene rings is 4. The maximum atomic E-state index is 10.2. The monoisotopic (exact) mass is 474 g/mol. The van der Waals surface area contributed by atoms with E-state index in [-0.39, 0.29) is 0 Å². The Hall–Kier alpha value is -3.82. The third kappa shape index (κ3) is 7.36. The summed E-state index contributed by atoms with van der Waals surface area (Å²) in [6, 6.07) is 31.8. The molecular weight excluding hydrogens is 447 g/mol. The number of carboxylic acids is 1. The predicted octanol–water partition coefficient (Wildman–Crippen LogP) is 7.76. The molecule has 0 amide bonds. The lowest BCUT2D eigenvalue weighted by molar-refractivity contribution is 0.0697. The number of rotatable bonds is 7. The summed E-state index contributed by atoms with van der Waals surface area (Å²) in [5.74, 6) is 1.40. The van der Waals surface area contributed by atoms with Gasteiger partial charge >= 0.3 is 14.6 Å². The van der Waals surface area contributed by atoms with Crippen molar-refractivity contribution in [2.75, 3.05) is 0 Å². The van der Waals surface area contributed by atoms with Crippen LogP contribution in [0.5, 0.6) is 17.2 Å². The van der Waals surface area contributed by atoms with Crippen molar-refractivity contribution in [2.45, 2.75) is 20.8 Å². The Morgan fingerprint density at radius 3 is 1.18 bits per heavy atom. The SMILES string of the molecule is Cc1ccccc1OP(Oc1ccccc1C)Oc1ccccc1C.O=C(O)c1ccccc1. The Morgan fingerprint density at radius 2 is 0.882 bits per heavy atom. The van der Waals surface area contributed by atoms with E-state index in [9.17, 15) is 4.79 Å². The number of hydrogen-bond donors (Lipinski definition) is 1. The van der Waals surface area contributed by atoms with E-state index < -0.39 is 14.6 Å². The van der Waals surface area contributed by atoms with E-state index in [1.54, 1.807) is 30.3 Å². The summed E-state index contributed by atoms with van der Waals surface area (Å²) in [7, 11) is -1.64. The third-order valence-electron chi connectivity index (χ3n) is 4.82. The van der Waals surface area contributed by atoms with Gasteiger partial charge < -0.3 is 18.7 Å². The Kier molecular flexibility index (Phi) is 9.07. The van der Waals surface area contributed by atoms with Crippen molar-refractivity contribution in [1.29, 1.82) is 0 Å². The van der Waals surface area contributed by atoms with Crippen LogP contribution in [0.1, 0.15) is 27.0 Å². The van der Waals surface area contributed by atoms with Crippen LogP contribution in [0.3, 0.4) is 0 Å². The van der Waals surface area contributed by atoms with Gasteiger partial charge in [-0.15, -0.1) is 0 Å². The Labute approximate surface area is 201 Å². The first-order chi connectivity index (χ1) is 16.4. The molecule has 0 bridgehead atoms. The average Bonchev–Trinajstić information content (AvgIpc) is 2.84. The molecule has 6 heteroatoms. The zero-order valence-corrected chi connectivity index (χ0v) is 20.2. The largest absolute Gasteiger partial charge is 0.530 e. The number of aromatic carboxylic acids is 1. The van der Waals surface area contributed by atoms with Crippen LogP contribution in [-0.2, 0) is 0 Å². The summed E-state index contributed by atoms with van der Waals surface area (Å²) in [6.07, 6.45) is 0. The molecular formula is C28H27O5P. The highest BCUT2D eigenvalue weighted by Gasteiger charge is 2.22. The topological polar surface area (TPSA) is 65.0 Å². The van der Waals surface area contributed by atoms with Crippen LogP contribution in [0.15, 0.2) is 103 Å². The highest BCUT2D eigenvalue weighted by atomic mass is 31.2. The first-order valence-electron chi connectivity index (χ1n) is 10.7. The second-order valence-corrected chi connectivity index (χ2v) is 8.46. The van der Waals surface area contributed by atoms with Gasteiger partial charge in [0.05, 0.1) is 5.56 Å². The molecule has 0 radical (unpaired) electrons. The van der Waals surface area contributed by atoms with Crippen LogP contribution in [0, 0.1) is 20.8 Å². The lowest BCUT2D eigenvalue weighted by Crippen LogP contribution is -2.04. The van der Waals surface area contributed by atoms with Gasteiger partial charge in [0.15, 0.2) is 0 Å². The first kappa shape index (κ1) is 24.8. The van der Waals surface area contributed by atoms with Crippen molar-refractivity contribution in [3.05, 3.63) is 125 Å². The molecule has 0 unspecified atom stereocenters. The maximum Gasteiger partial charge on any atom is 0.530 e. The van der Waals surface area contributed by atoms with Crippen molar-refractivity contribution >= 4 is 14.6 Å². The molecule has 0 aliphatic rings. The van der Waals surface area contributed by atoms with Gasteiger partial charge in [-0.1, -0.05) is 72.8 Å². The molecule has 0 aromatic heterocycles. The van der Waals surface area contributed by atoms with Crippen LogP contribution < -0.4 is 13.6 Å². The summed E-state index contributed by atoms with van der Waals surface area (Å²) < 4.78 is 18.3. The number of hydrogen-bond acceptors (Lipinski definition) is 4. The van der Waals surface area contributed by atoms with Gasteiger partial charge in [0.25, 0.3) is 0 Å². The molecule has 0 heterocycles. The summed E-state index contributed by atoms with van der Waals surface area (Å²) in [6.45, 7) is 6.01. The molecule has 0 atom stereocenters. The average molecular weight is 474 g/mol. The van der Waals surface area contributed by atoms with Crippen molar-refractivity contribution in [1.82, 2.24) is 0 Å². The standard InChI is InChI=1S/C21H21O3P.C7H6O2/c1-16-10-4-7-13-19(16)22-25(23-20-14-8-5-11-17(20)2)24-21-15-9-6-12-18(21)3;8-7(9)6-4-2-1-3-5-6/h4-15H,1-3H3;1-5H,(H,8,9). The second kappa shape index (κ2) is 12.4. The molecule has 5 nitrogen and oxygen atoms in total. The Morgan fingerprint density at radius 1 is 0.559 bits per heavy atom. The predicted molar refractivity (Wildman–Crippen MR) is 136 cm³/mol. The highest BCUT2D eigenvalue weighted by molar-refractivity contribution is 7.43. The lowest BCUT2D eigenvalue weighted by atomic mass is 10.2. The van der Waals surface area contributed by atoms with E-state index in [1.807, 2.05) is 93.6 Å². The quantitative estimate of drug-likeness (QED) is 0.277. The molecule has 1 N–H and O–H groups in total. The third-order valence-corrected chi connectivity index (χ3v) is 5.86. The van der Waals surface area contributed by atoms with Crippen molar-refractivity contribution in [3.63, 3.8) is 0 Å². The van der Waals surface area contributed by atoms with E-state index in [0.717, 1.165) is 33.9 Å². The van der Waals surface area contributed by atoms with Crippen molar-refractivity contribution in [2.24, 2.45) is 0 Å². The Bertz CT molecular complexity index is 1100. The Balaban J connectivity index is 0.000000302. The van der Waals surface area contributed by atoms with Gasteiger partial charge in [0.2, 0.25) is 0 Å². The van der Waals surface area contributed by atoms with Crippen LogP contribution in [-0.4, -0.2) is 11.1 Å². The zero-order valence-electron chi connectivity index (χ0n) is 19.3. The van der Waals surface area contributed by atoms with Crippen LogP contribution in [0.2, 0.25) is 0 Å². The van der Waals surface area contributed by atoms with Crippen molar-refractivity contribution in [3.8, 4) is 17.2 Å². The molecule has 4 rings (SSSR count). The summed E-state index contributed by atoms with van der Waals surface area (Å²) in [4.78, 5) is 10.2. The normalized spacial score (nSPS) is 10.1. The molecule has 4 aromatic rings. The van der Waals surface area contributed by atoms with Crippen LogP contribution in [0.4, 0.5) is 0 Å². The number of aryl methyl sites for hydroxylation is 3.